The molecule has 0 saturated heterocycles. The van der Waals surface area contributed by atoms with E-state index < -0.39 is 36.4 Å². The first-order valence-electron chi connectivity index (χ1n) is 9.48. The number of unbranched alkanes of at least 4 members (excludes halogenated alkanes) is 1. The van der Waals surface area contributed by atoms with Gasteiger partial charge in [-0.15, -0.1) is 0 Å². The van der Waals surface area contributed by atoms with Gasteiger partial charge in [0.1, 0.15) is 6.04 Å². The van der Waals surface area contributed by atoms with Crippen LogP contribution in [0.4, 0.5) is 5.69 Å². The summed E-state index contributed by atoms with van der Waals surface area (Å²) >= 11 is 0. The smallest absolute Gasteiger partial charge is 0.338 e. The zero-order valence-corrected chi connectivity index (χ0v) is 16.8. The van der Waals surface area contributed by atoms with Crippen molar-refractivity contribution in [2.24, 2.45) is 0 Å². The molecule has 0 aliphatic carbocycles. The monoisotopic (exact) mass is 416 g/mol. The van der Waals surface area contributed by atoms with Gasteiger partial charge in [-0.05, 0) is 49.7 Å². The summed E-state index contributed by atoms with van der Waals surface area (Å²) in [6, 6.07) is 8.18. The third-order valence-corrected chi connectivity index (χ3v) is 3.93. The van der Waals surface area contributed by atoms with Crippen molar-refractivity contribution in [2.75, 3.05) is 18.5 Å². The van der Waals surface area contributed by atoms with Gasteiger partial charge in [-0.1, -0.05) is 13.3 Å². The van der Waals surface area contributed by atoms with Gasteiger partial charge in [0, 0.05) is 5.69 Å². The summed E-state index contributed by atoms with van der Waals surface area (Å²) in [6.45, 7) is 3.26. The Morgan fingerprint density at radius 3 is 2.43 bits per heavy atom. The summed E-state index contributed by atoms with van der Waals surface area (Å²) in [4.78, 5) is 47.6. The van der Waals surface area contributed by atoms with E-state index in [1.54, 1.807) is 18.2 Å². The number of anilines is 1. The van der Waals surface area contributed by atoms with E-state index in [0.717, 1.165) is 12.8 Å². The van der Waals surface area contributed by atoms with E-state index >= 15 is 0 Å². The van der Waals surface area contributed by atoms with E-state index in [0.29, 0.717) is 17.9 Å². The van der Waals surface area contributed by atoms with Crippen LogP contribution < -0.4 is 10.6 Å². The third-order valence-electron chi connectivity index (χ3n) is 3.93. The topological polar surface area (TPSA) is 124 Å². The quantitative estimate of drug-likeness (QED) is 0.450. The average Bonchev–Trinajstić information content (AvgIpc) is 3.27. The lowest BCUT2D eigenvalue weighted by molar-refractivity contribution is -0.148. The molecule has 0 unspecified atom stereocenters. The standard InChI is InChI=1S/C21H24N2O7/c1-3-4-11-29-21(27)15-7-9-16(10-8-15)23-18(24)13-30-20(26)14(2)22-19(25)17-6-5-12-28-17/h5-10,12,14H,3-4,11,13H2,1-2H3,(H,22,25)(H,23,24)/t14-/m0/s1. The Morgan fingerprint density at radius 2 is 1.80 bits per heavy atom. The van der Waals surface area contributed by atoms with Crippen molar-refractivity contribution in [1.29, 1.82) is 0 Å². The number of carbonyl (C=O) groups excluding carboxylic acids is 4. The van der Waals surface area contributed by atoms with Crippen molar-refractivity contribution in [2.45, 2.75) is 32.7 Å². The number of hydrogen-bond acceptors (Lipinski definition) is 7. The first-order valence-corrected chi connectivity index (χ1v) is 9.48. The van der Waals surface area contributed by atoms with E-state index in [4.69, 9.17) is 13.9 Å². The summed E-state index contributed by atoms with van der Waals surface area (Å²) in [5.74, 6) is -2.27. The van der Waals surface area contributed by atoms with E-state index in [2.05, 4.69) is 10.6 Å². The largest absolute Gasteiger partial charge is 0.462 e. The molecule has 0 radical (unpaired) electrons. The highest BCUT2D eigenvalue weighted by Crippen LogP contribution is 2.11. The summed E-state index contributed by atoms with van der Waals surface area (Å²) in [5.41, 5.74) is 0.803. The van der Waals surface area contributed by atoms with Gasteiger partial charge in [-0.3, -0.25) is 9.59 Å². The number of amides is 2. The number of rotatable bonds is 10. The van der Waals surface area contributed by atoms with Gasteiger partial charge in [0.05, 0.1) is 18.4 Å². The maximum atomic E-state index is 12.0. The van der Waals surface area contributed by atoms with Crippen LogP contribution in [0.3, 0.4) is 0 Å². The number of hydrogen-bond donors (Lipinski definition) is 2. The second kappa shape index (κ2) is 11.4. The van der Waals surface area contributed by atoms with Gasteiger partial charge in [0.25, 0.3) is 11.8 Å². The van der Waals surface area contributed by atoms with Crippen LogP contribution in [0.15, 0.2) is 47.1 Å². The summed E-state index contributed by atoms with van der Waals surface area (Å²) < 4.78 is 14.9. The number of benzene rings is 1. The van der Waals surface area contributed by atoms with Gasteiger partial charge in [-0.2, -0.15) is 0 Å². The normalized spacial score (nSPS) is 11.3. The van der Waals surface area contributed by atoms with Crippen LogP contribution in [-0.4, -0.2) is 43.0 Å². The molecule has 0 bridgehead atoms. The first-order chi connectivity index (χ1) is 14.4. The van der Waals surface area contributed by atoms with Crippen LogP contribution in [-0.2, 0) is 19.1 Å². The molecule has 9 heteroatoms. The predicted molar refractivity (Wildman–Crippen MR) is 107 cm³/mol. The van der Waals surface area contributed by atoms with Gasteiger partial charge in [0.15, 0.2) is 12.4 Å². The summed E-state index contributed by atoms with van der Waals surface area (Å²) in [5, 5.41) is 4.95. The van der Waals surface area contributed by atoms with Crippen molar-refractivity contribution in [3.63, 3.8) is 0 Å². The van der Waals surface area contributed by atoms with Crippen molar-refractivity contribution in [3.05, 3.63) is 54.0 Å². The molecule has 30 heavy (non-hydrogen) atoms. The Morgan fingerprint density at radius 1 is 1.07 bits per heavy atom. The van der Waals surface area contributed by atoms with E-state index in [9.17, 15) is 19.2 Å². The van der Waals surface area contributed by atoms with Gasteiger partial charge in [0.2, 0.25) is 0 Å². The minimum absolute atomic E-state index is 0.0603. The molecule has 0 fully saturated rings. The molecule has 0 aliphatic rings. The molecule has 0 saturated carbocycles. The van der Waals surface area contributed by atoms with Crippen LogP contribution >= 0.6 is 0 Å². The molecule has 2 amide bonds. The molecule has 9 nitrogen and oxygen atoms in total. The van der Waals surface area contributed by atoms with E-state index in [-0.39, 0.29) is 5.76 Å². The molecule has 1 aromatic carbocycles. The molecule has 0 spiro atoms. The molecular weight excluding hydrogens is 392 g/mol. The Bertz CT molecular complexity index is 860. The number of nitrogens with one attached hydrogen (secondary N) is 2. The molecule has 1 atom stereocenters. The third kappa shape index (κ3) is 7.08. The first kappa shape index (κ1) is 22.7. The van der Waals surface area contributed by atoms with Crippen LogP contribution in [0, 0.1) is 0 Å². The van der Waals surface area contributed by atoms with Crippen LogP contribution in [0.2, 0.25) is 0 Å². The van der Waals surface area contributed by atoms with Crippen molar-refractivity contribution < 1.29 is 33.1 Å². The molecule has 0 aliphatic heterocycles. The second-order valence-corrected chi connectivity index (χ2v) is 6.40. The fourth-order valence-electron chi connectivity index (χ4n) is 2.28. The van der Waals surface area contributed by atoms with Crippen molar-refractivity contribution in [3.8, 4) is 0 Å². The number of carbonyl (C=O) groups is 4. The molecule has 160 valence electrons. The van der Waals surface area contributed by atoms with Gasteiger partial charge < -0.3 is 24.5 Å². The summed E-state index contributed by atoms with van der Waals surface area (Å²) in [7, 11) is 0. The Labute approximate surface area is 173 Å². The molecule has 1 heterocycles. The lowest BCUT2D eigenvalue weighted by atomic mass is 10.2. The highest BCUT2D eigenvalue weighted by molar-refractivity contribution is 5.96. The molecule has 2 N–H and O–H groups in total. The number of esters is 2. The highest BCUT2D eigenvalue weighted by atomic mass is 16.5. The van der Waals surface area contributed by atoms with Crippen LogP contribution in [0.5, 0.6) is 0 Å². The van der Waals surface area contributed by atoms with E-state index in [1.807, 2.05) is 6.92 Å². The second-order valence-electron chi connectivity index (χ2n) is 6.40. The molecule has 2 aromatic rings. The Balaban J connectivity index is 1.75. The van der Waals surface area contributed by atoms with Gasteiger partial charge in [-0.25, -0.2) is 9.59 Å². The zero-order valence-electron chi connectivity index (χ0n) is 16.8. The van der Waals surface area contributed by atoms with Crippen molar-refractivity contribution in [1.82, 2.24) is 5.32 Å². The van der Waals surface area contributed by atoms with E-state index in [1.165, 1.54) is 31.4 Å². The lowest BCUT2D eigenvalue weighted by Crippen LogP contribution is -2.40. The maximum Gasteiger partial charge on any atom is 0.338 e. The highest BCUT2D eigenvalue weighted by Gasteiger charge is 2.20. The Kier molecular flexibility index (Phi) is 8.61. The molecular formula is C21H24N2O7. The maximum absolute atomic E-state index is 12.0. The summed E-state index contributed by atoms with van der Waals surface area (Å²) in [6.07, 6.45) is 3.06. The number of ether oxygens (including phenoxy) is 2. The van der Waals surface area contributed by atoms with Gasteiger partial charge >= 0.3 is 11.9 Å². The Hall–Kier alpha value is -3.62. The fraction of sp³-hybridized carbons (Fsp3) is 0.333. The molecule has 1 aromatic heterocycles. The SMILES string of the molecule is CCCCOC(=O)c1ccc(NC(=O)COC(=O)[C@H](C)NC(=O)c2ccco2)cc1. The minimum atomic E-state index is -0.964. The number of furan rings is 1. The zero-order chi connectivity index (χ0) is 21.9. The van der Waals surface area contributed by atoms with Crippen LogP contribution in [0.1, 0.15) is 47.6 Å². The molecule has 2 rings (SSSR count). The average molecular weight is 416 g/mol. The predicted octanol–water partition coefficient (Wildman–Crippen LogP) is 2.54. The van der Waals surface area contributed by atoms with Crippen LogP contribution in [0.25, 0.3) is 0 Å². The fourth-order valence-corrected chi connectivity index (χ4v) is 2.28. The van der Waals surface area contributed by atoms with Crippen molar-refractivity contribution >= 4 is 29.4 Å². The lowest BCUT2D eigenvalue weighted by Gasteiger charge is -2.12. The minimum Gasteiger partial charge on any atom is -0.462 e.